The molecule has 3 heteroatoms. The van der Waals surface area contributed by atoms with Crippen LogP contribution in [-0.4, -0.2) is 13.1 Å². The highest BCUT2D eigenvalue weighted by atomic mass is 19.1. The lowest BCUT2D eigenvalue weighted by Gasteiger charge is -2.21. The van der Waals surface area contributed by atoms with Crippen molar-refractivity contribution in [2.45, 2.75) is 33.0 Å². The highest BCUT2D eigenvalue weighted by Gasteiger charge is 2.07. The van der Waals surface area contributed by atoms with Crippen molar-refractivity contribution in [1.82, 2.24) is 5.32 Å². The molecule has 0 bridgehead atoms. The number of hydrogen-bond acceptors (Lipinski definition) is 2. The van der Waals surface area contributed by atoms with Crippen molar-refractivity contribution < 1.29 is 4.39 Å². The molecule has 0 aliphatic rings. The first-order chi connectivity index (χ1) is 10.1. The molecule has 0 spiro atoms. The third kappa shape index (κ3) is 4.57. The average molecular weight is 286 g/mol. The van der Waals surface area contributed by atoms with Crippen molar-refractivity contribution >= 4 is 5.69 Å². The van der Waals surface area contributed by atoms with E-state index in [0.29, 0.717) is 6.04 Å². The highest BCUT2D eigenvalue weighted by Crippen LogP contribution is 2.18. The number of nitrogens with one attached hydrogen (secondary N) is 1. The fraction of sp³-hybridized carbons (Fsp3) is 0.333. The molecule has 2 nitrogen and oxygen atoms in total. The fourth-order valence-corrected chi connectivity index (χ4v) is 2.26. The lowest BCUT2D eigenvalue weighted by atomic mass is 10.1. The number of halogens is 1. The molecule has 2 aromatic rings. The maximum atomic E-state index is 13.3. The fourth-order valence-electron chi connectivity index (χ4n) is 2.26. The van der Waals surface area contributed by atoms with Gasteiger partial charge in [0, 0.05) is 31.9 Å². The van der Waals surface area contributed by atoms with E-state index in [9.17, 15) is 4.39 Å². The Morgan fingerprint density at radius 1 is 1.05 bits per heavy atom. The highest BCUT2D eigenvalue weighted by molar-refractivity contribution is 5.46. The topological polar surface area (TPSA) is 15.3 Å². The van der Waals surface area contributed by atoms with E-state index in [2.05, 4.69) is 42.3 Å². The van der Waals surface area contributed by atoms with E-state index in [4.69, 9.17) is 0 Å². The Labute approximate surface area is 126 Å². The molecular weight excluding hydrogens is 263 g/mol. The second kappa shape index (κ2) is 7.23. The lowest BCUT2D eigenvalue weighted by Crippen LogP contribution is -2.24. The minimum atomic E-state index is -0.200. The molecule has 21 heavy (non-hydrogen) atoms. The third-order valence-electron chi connectivity index (χ3n) is 3.48. The van der Waals surface area contributed by atoms with Crippen LogP contribution in [0.3, 0.4) is 0 Å². The third-order valence-corrected chi connectivity index (χ3v) is 3.48. The van der Waals surface area contributed by atoms with Gasteiger partial charge in [0.25, 0.3) is 0 Å². The molecule has 2 rings (SSSR count). The molecule has 0 unspecified atom stereocenters. The lowest BCUT2D eigenvalue weighted by molar-refractivity contribution is 0.586. The summed E-state index contributed by atoms with van der Waals surface area (Å²) in [6.07, 6.45) is 0. The first-order valence-corrected chi connectivity index (χ1v) is 7.33. The molecule has 0 radical (unpaired) electrons. The van der Waals surface area contributed by atoms with Gasteiger partial charge in [-0.3, -0.25) is 0 Å². The molecule has 0 aromatic heterocycles. The zero-order valence-electron chi connectivity index (χ0n) is 12.9. The van der Waals surface area contributed by atoms with E-state index in [1.54, 1.807) is 12.1 Å². The number of hydrogen-bond donors (Lipinski definition) is 1. The summed E-state index contributed by atoms with van der Waals surface area (Å²) in [5, 5.41) is 3.45. The SMILES string of the molecule is CC(C)NCc1ccccc1CN(C)c1cccc(F)c1. The summed E-state index contributed by atoms with van der Waals surface area (Å²) in [6.45, 7) is 5.90. The van der Waals surface area contributed by atoms with Crippen LogP contribution < -0.4 is 10.2 Å². The van der Waals surface area contributed by atoms with E-state index in [1.165, 1.54) is 17.2 Å². The normalized spacial score (nSPS) is 10.9. The van der Waals surface area contributed by atoms with Gasteiger partial charge in [0.1, 0.15) is 5.82 Å². The molecule has 0 fully saturated rings. The Balaban J connectivity index is 2.11. The van der Waals surface area contributed by atoms with Crippen LogP contribution in [0.15, 0.2) is 48.5 Å². The number of nitrogens with zero attached hydrogens (tertiary/aromatic N) is 1. The van der Waals surface area contributed by atoms with Crippen molar-refractivity contribution in [2.75, 3.05) is 11.9 Å². The molecule has 0 amide bonds. The van der Waals surface area contributed by atoms with E-state index in [0.717, 1.165) is 18.8 Å². The Morgan fingerprint density at radius 2 is 1.76 bits per heavy atom. The van der Waals surface area contributed by atoms with Crippen molar-refractivity contribution in [3.63, 3.8) is 0 Å². The first kappa shape index (κ1) is 15.5. The van der Waals surface area contributed by atoms with Gasteiger partial charge >= 0.3 is 0 Å². The van der Waals surface area contributed by atoms with E-state index >= 15 is 0 Å². The second-order valence-corrected chi connectivity index (χ2v) is 5.64. The van der Waals surface area contributed by atoms with Crippen LogP contribution in [0.25, 0.3) is 0 Å². The molecule has 2 aromatic carbocycles. The monoisotopic (exact) mass is 286 g/mol. The molecule has 0 aliphatic heterocycles. The van der Waals surface area contributed by atoms with Crippen molar-refractivity contribution in [2.24, 2.45) is 0 Å². The van der Waals surface area contributed by atoms with Crippen LogP contribution in [0, 0.1) is 5.82 Å². The van der Waals surface area contributed by atoms with Crippen molar-refractivity contribution in [3.05, 3.63) is 65.5 Å². The molecule has 0 saturated heterocycles. The van der Waals surface area contributed by atoms with Gasteiger partial charge in [-0.15, -0.1) is 0 Å². The van der Waals surface area contributed by atoms with Gasteiger partial charge in [0.05, 0.1) is 0 Å². The van der Waals surface area contributed by atoms with Crippen LogP contribution in [0.1, 0.15) is 25.0 Å². The van der Waals surface area contributed by atoms with Gasteiger partial charge < -0.3 is 10.2 Å². The summed E-state index contributed by atoms with van der Waals surface area (Å²) < 4.78 is 13.3. The molecule has 0 atom stereocenters. The number of benzene rings is 2. The van der Waals surface area contributed by atoms with E-state index in [1.807, 2.05) is 19.2 Å². The van der Waals surface area contributed by atoms with Gasteiger partial charge in [-0.1, -0.05) is 44.2 Å². The molecule has 1 N–H and O–H groups in total. The van der Waals surface area contributed by atoms with Gasteiger partial charge in [0.2, 0.25) is 0 Å². The largest absolute Gasteiger partial charge is 0.370 e. The number of rotatable bonds is 6. The summed E-state index contributed by atoms with van der Waals surface area (Å²) in [5.74, 6) is -0.200. The van der Waals surface area contributed by atoms with E-state index < -0.39 is 0 Å². The summed E-state index contributed by atoms with van der Waals surface area (Å²) in [4.78, 5) is 2.07. The van der Waals surface area contributed by atoms with Gasteiger partial charge in [0.15, 0.2) is 0 Å². The summed E-state index contributed by atoms with van der Waals surface area (Å²) in [6, 6.07) is 15.5. The number of anilines is 1. The van der Waals surface area contributed by atoms with E-state index in [-0.39, 0.29) is 5.82 Å². The standard InChI is InChI=1S/C18H23FN2/c1-14(2)20-12-15-7-4-5-8-16(15)13-21(3)18-10-6-9-17(19)11-18/h4-11,14,20H,12-13H2,1-3H3. The quantitative estimate of drug-likeness (QED) is 0.864. The molecular formula is C18H23FN2. The Kier molecular flexibility index (Phi) is 5.34. The Bertz CT molecular complexity index is 581. The van der Waals surface area contributed by atoms with Crippen molar-refractivity contribution in [3.8, 4) is 0 Å². The summed E-state index contributed by atoms with van der Waals surface area (Å²) in [5.41, 5.74) is 3.44. The Hall–Kier alpha value is -1.87. The molecule has 0 heterocycles. The predicted molar refractivity (Wildman–Crippen MR) is 86.9 cm³/mol. The maximum Gasteiger partial charge on any atom is 0.125 e. The summed E-state index contributed by atoms with van der Waals surface area (Å²) >= 11 is 0. The smallest absolute Gasteiger partial charge is 0.125 e. The van der Waals surface area contributed by atoms with Crippen molar-refractivity contribution in [1.29, 1.82) is 0 Å². The second-order valence-electron chi connectivity index (χ2n) is 5.64. The zero-order valence-corrected chi connectivity index (χ0v) is 12.9. The molecule has 0 saturated carbocycles. The van der Waals surface area contributed by atoms with Crippen LogP contribution in [-0.2, 0) is 13.1 Å². The van der Waals surface area contributed by atoms with Crippen LogP contribution in [0.5, 0.6) is 0 Å². The molecule has 112 valence electrons. The minimum Gasteiger partial charge on any atom is -0.370 e. The van der Waals surface area contributed by atoms with Crippen LogP contribution >= 0.6 is 0 Å². The first-order valence-electron chi connectivity index (χ1n) is 7.33. The predicted octanol–water partition coefficient (Wildman–Crippen LogP) is 3.96. The minimum absolute atomic E-state index is 0.200. The van der Waals surface area contributed by atoms with Crippen LogP contribution in [0.4, 0.5) is 10.1 Å². The maximum absolute atomic E-state index is 13.3. The van der Waals surface area contributed by atoms with Gasteiger partial charge in [-0.05, 0) is 29.3 Å². The molecule has 0 aliphatic carbocycles. The zero-order chi connectivity index (χ0) is 15.2. The summed E-state index contributed by atoms with van der Waals surface area (Å²) in [7, 11) is 1.99. The Morgan fingerprint density at radius 3 is 2.43 bits per heavy atom. The van der Waals surface area contributed by atoms with Gasteiger partial charge in [-0.2, -0.15) is 0 Å². The van der Waals surface area contributed by atoms with Crippen LogP contribution in [0.2, 0.25) is 0 Å². The average Bonchev–Trinajstić information content (AvgIpc) is 2.46. The van der Waals surface area contributed by atoms with Gasteiger partial charge in [-0.25, -0.2) is 4.39 Å².